The Bertz CT molecular complexity index is 1240. The standard InChI is InChI=1S/2C13H9.CH3ClSi.2ClH.Ti/c2*1-3-7-12-10(5-1)9-11-6-2-4-8-13(11)12;1-3-2;;;/h2*1-9H;1H3;2*1H;/q2*-1;;;;+2/p-2. The molecule has 32 heavy (non-hydrogen) atoms. The van der Waals surface area contributed by atoms with Crippen LogP contribution in [-0.4, -0.2) is 5.50 Å². The molecule has 0 nitrogen and oxygen atoms in total. The minimum absolute atomic E-state index is 0. The Morgan fingerprint density at radius 2 is 0.719 bits per heavy atom. The molecule has 0 saturated heterocycles. The van der Waals surface area contributed by atoms with Gasteiger partial charge in [-0.05, 0) is 0 Å². The van der Waals surface area contributed by atoms with Crippen LogP contribution in [0, 0.1) is 0 Å². The van der Waals surface area contributed by atoms with Crippen LogP contribution in [0.25, 0.3) is 43.1 Å². The fourth-order valence-corrected chi connectivity index (χ4v) is 3.81. The maximum Gasteiger partial charge on any atom is -0.0771 e. The molecule has 0 aromatic heterocycles. The predicted molar refractivity (Wildman–Crippen MR) is 132 cm³/mol. The minimum Gasteiger partial charge on any atom is -1.00 e. The molecule has 0 atom stereocenters. The molecule has 6 aromatic rings. The van der Waals surface area contributed by atoms with Gasteiger partial charge in [-0.1, -0.05) is 72.8 Å². The molecule has 0 radical (unpaired) electrons. The predicted octanol–water partition coefficient (Wildman–Crippen LogP) is 2.32. The van der Waals surface area contributed by atoms with Gasteiger partial charge in [0.25, 0.3) is 0 Å². The molecule has 0 fully saturated rings. The van der Waals surface area contributed by atoms with Gasteiger partial charge in [-0.2, -0.15) is 0 Å². The summed E-state index contributed by atoms with van der Waals surface area (Å²) in [6.07, 6.45) is 0. The molecule has 0 saturated carbocycles. The average Bonchev–Trinajstić information content (AvgIpc) is 3.32. The fraction of sp³-hybridized carbons (Fsp3) is 0.0370. The molecule has 0 amide bonds. The van der Waals surface area contributed by atoms with E-state index >= 15 is 0 Å². The molecular formula is C27H21Cl3SiTi-2. The summed E-state index contributed by atoms with van der Waals surface area (Å²) in [7, 11) is 0. The Morgan fingerprint density at radius 1 is 0.531 bits per heavy atom. The first-order valence-corrected chi connectivity index (χ1v) is 15.3. The van der Waals surface area contributed by atoms with E-state index in [1.807, 2.05) is 25.7 Å². The van der Waals surface area contributed by atoms with Gasteiger partial charge < -0.3 is 24.8 Å². The van der Waals surface area contributed by atoms with E-state index in [0.717, 1.165) is 0 Å². The number of benzene rings is 4. The van der Waals surface area contributed by atoms with Crippen molar-refractivity contribution >= 4 is 59.7 Å². The van der Waals surface area contributed by atoms with E-state index in [-0.39, 0.29) is 24.8 Å². The van der Waals surface area contributed by atoms with E-state index in [1.54, 1.807) is 0 Å². The van der Waals surface area contributed by atoms with E-state index < -0.39 is 5.50 Å². The maximum absolute atomic E-state index is 5.38. The zero-order chi connectivity index (χ0) is 20.9. The van der Waals surface area contributed by atoms with Crippen LogP contribution in [0.1, 0.15) is 0 Å². The monoisotopic (exact) mass is 526 g/mol. The van der Waals surface area contributed by atoms with Crippen molar-refractivity contribution in [3.8, 4) is 0 Å². The summed E-state index contributed by atoms with van der Waals surface area (Å²) >= 11 is 7.41. The van der Waals surface area contributed by atoms with Crippen LogP contribution in [0.3, 0.4) is 0 Å². The van der Waals surface area contributed by atoms with Crippen molar-refractivity contribution in [2.24, 2.45) is 0 Å². The summed E-state index contributed by atoms with van der Waals surface area (Å²) in [5.41, 5.74) is -0.407. The quantitative estimate of drug-likeness (QED) is 0.162. The van der Waals surface area contributed by atoms with Crippen molar-refractivity contribution < 1.29 is 44.0 Å². The number of hydrogen-bond donors (Lipinski definition) is 0. The summed E-state index contributed by atoms with van der Waals surface area (Å²) in [5.74, 6) is 0. The van der Waals surface area contributed by atoms with Gasteiger partial charge in [0.15, 0.2) is 0 Å². The Balaban J connectivity index is 0.000000185. The van der Waals surface area contributed by atoms with Crippen LogP contribution in [0.15, 0.2) is 109 Å². The third-order valence-electron chi connectivity index (χ3n) is 5.05. The minimum atomic E-state index is -0.407. The molecule has 0 aliphatic rings. The summed E-state index contributed by atoms with van der Waals surface area (Å²) in [6, 6.07) is 38.5. The van der Waals surface area contributed by atoms with Gasteiger partial charge in [0.05, 0.1) is 0 Å². The Kier molecular flexibility index (Phi) is 10.5. The second-order valence-electron chi connectivity index (χ2n) is 7.17. The zero-order valence-electron chi connectivity index (χ0n) is 17.5. The van der Waals surface area contributed by atoms with Crippen molar-refractivity contribution in [1.29, 1.82) is 0 Å². The summed E-state index contributed by atoms with van der Waals surface area (Å²) in [5, 5.41) is 10.8. The van der Waals surface area contributed by atoms with Gasteiger partial charge in [0.2, 0.25) is 0 Å². The van der Waals surface area contributed by atoms with Gasteiger partial charge in [0, 0.05) is 0 Å². The molecule has 0 N–H and O–H groups in total. The Hall–Kier alpha value is -1.58. The molecule has 6 aromatic carbocycles. The number of halogens is 3. The molecular weight excluding hydrogens is 507 g/mol. The molecule has 0 unspecified atom stereocenters. The number of hydrogen-bond acceptors (Lipinski definition) is 0. The van der Waals surface area contributed by atoms with Crippen molar-refractivity contribution in [3.05, 3.63) is 109 Å². The third-order valence-corrected chi connectivity index (χ3v) is 5.05. The zero-order valence-corrected chi connectivity index (χ0v) is 22.4. The molecule has 0 spiro atoms. The van der Waals surface area contributed by atoms with Crippen LogP contribution in [-0.2, 0) is 19.2 Å². The maximum atomic E-state index is 5.38. The third kappa shape index (κ3) is 6.26. The fourth-order valence-electron chi connectivity index (χ4n) is 3.81. The van der Waals surface area contributed by atoms with Crippen LogP contribution < -0.4 is 24.8 Å². The summed E-state index contributed by atoms with van der Waals surface area (Å²) in [6.45, 7) is 2.03. The topological polar surface area (TPSA) is 0 Å². The van der Waals surface area contributed by atoms with Crippen LogP contribution >= 0.6 is 11.1 Å². The van der Waals surface area contributed by atoms with Gasteiger partial charge in [-0.15, -0.1) is 79.5 Å². The number of rotatable bonds is 0. The van der Waals surface area contributed by atoms with Crippen molar-refractivity contribution in [1.82, 2.24) is 0 Å². The first-order valence-electron chi connectivity index (χ1n) is 9.90. The first-order chi connectivity index (χ1) is 14.6. The van der Waals surface area contributed by atoms with Crippen LogP contribution in [0.5, 0.6) is 0 Å². The molecule has 0 bridgehead atoms. The second kappa shape index (κ2) is 12.6. The normalized spacial score (nSPS) is 9.88. The Morgan fingerprint density at radius 3 is 0.938 bits per heavy atom. The molecule has 0 aliphatic heterocycles. The Labute approximate surface area is 218 Å². The van der Waals surface area contributed by atoms with E-state index in [4.69, 9.17) is 11.1 Å². The van der Waals surface area contributed by atoms with E-state index in [1.165, 1.54) is 43.1 Å². The second-order valence-corrected chi connectivity index (χ2v) is 14.9. The molecule has 6 rings (SSSR count). The van der Waals surface area contributed by atoms with E-state index in [0.29, 0.717) is 0 Å². The average molecular weight is 528 g/mol. The molecule has 0 heterocycles. The van der Waals surface area contributed by atoms with E-state index in [2.05, 4.69) is 109 Å². The van der Waals surface area contributed by atoms with Gasteiger partial charge >= 0.3 is 42.3 Å². The number of fused-ring (bicyclic) bond motifs is 6. The molecule has 0 aliphatic carbocycles. The van der Waals surface area contributed by atoms with Crippen molar-refractivity contribution in [2.45, 2.75) is 6.55 Å². The van der Waals surface area contributed by atoms with Crippen LogP contribution in [0.4, 0.5) is 0 Å². The van der Waals surface area contributed by atoms with Gasteiger partial charge in [-0.25, -0.2) is 0 Å². The van der Waals surface area contributed by atoms with E-state index in [9.17, 15) is 0 Å². The van der Waals surface area contributed by atoms with Crippen LogP contribution in [0.2, 0.25) is 6.55 Å². The summed E-state index contributed by atoms with van der Waals surface area (Å²) < 4.78 is 0. The van der Waals surface area contributed by atoms with Crippen molar-refractivity contribution in [2.75, 3.05) is 0 Å². The van der Waals surface area contributed by atoms with Gasteiger partial charge in [0.1, 0.15) is 0 Å². The molecule has 5 heteroatoms. The smallest absolute Gasteiger partial charge is 0.0771 e. The molecule has 160 valence electrons. The van der Waals surface area contributed by atoms with Gasteiger partial charge in [-0.3, -0.25) is 0 Å². The largest absolute Gasteiger partial charge is 1.00 e. The van der Waals surface area contributed by atoms with Crippen molar-refractivity contribution in [3.63, 3.8) is 0 Å². The summed E-state index contributed by atoms with van der Waals surface area (Å²) in [4.78, 5) is 0. The SMILES string of the molecule is C[Si](Cl)=[Ti+2].[Cl-].[Cl-].c1ccc2c(c1)[cH-]c1ccccc12.c1ccc2c(c1)[cH-]c1ccccc12. The first kappa shape index (κ1) is 26.7.